The Kier molecular flexibility index (Phi) is 3.17. The maximum Gasteiger partial charge on any atom is 0.0908 e. The third kappa shape index (κ3) is 2.19. The molecule has 1 N–H and O–H groups in total. The standard InChI is InChI=1S/C14H11ClN2S/c15-12-5-6-13(11-4-1-7-16-14(11)12)17-9-10-3-2-8-18-10/h1-8,17H,9H2. The monoisotopic (exact) mass is 274 g/mol. The highest BCUT2D eigenvalue weighted by molar-refractivity contribution is 7.09. The van der Waals surface area contributed by atoms with Crippen molar-refractivity contribution in [3.8, 4) is 0 Å². The van der Waals surface area contributed by atoms with Gasteiger partial charge in [-0.1, -0.05) is 17.7 Å². The molecule has 18 heavy (non-hydrogen) atoms. The van der Waals surface area contributed by atoms with Gasteiger partial charge in [0.15, 0.2) is 0 Å². The molecule has 0 radical (unpaired) electrons. The Balaban J connectivity index is 1.94. The summed E-state index contributed by atoms with van der Waals surface area (Å²) in [6.45, 7) is 0.823. The Morgan fingerprint density at radius 2 is 2.11 bits per heavy atom. The lowest BCUT2D eigenvalue weighted by Crippen LogP contribution is -1.98. The molecule has 0 spiro atoms. The molecule has 2 nitrogen and oxygen atoms in total. The van der Waals surface area contributed by atoms with E-state index in [0.29, 0.717) is 5.02 Å². The first-order valence-electron chi connectivity index (χ1n) is 5.64. The molecule has 0 amide bonds. The normalized spacial score (nSPS) is 10.7. The van der Waals surface area contributed by atoms with Crippen LogP contribution in [-0.4, -0.2) is 4.98 Å². The van der Waals surface area contributed by atoms with Crippen LogP contribution in [0, 0.1) is 0 Å². The highest BCUT2D eigenvalue weighted by Crippen LogP contribution is 2.28. The summed E-state index contributed by atoms with van der Waals surface area (Å²) < 4.78 is 0. The van der Waals surface area contributed by atoms with Crippen LogP contribution in [0.1, 0.15) is 4.88 Å². The van der Waals surface area contributed by atoms with Gasteiger partial charge in [-0.3, -0.25) is 4.98 Å². The molecule has 0 unspecified atom stereocenters. The van der Waals surface area contributed by atoms with E-state index in [2.05, 4.69) is 27.8 Å². The van der Waals surface area contributed by atoms with Crippen molar-refractivity contribution in [2.24, 2.45) is 0 Å². The molecular weight excluding hydrogens is 264 g/mol. The van der Waals surface area contributed by atoms with Gasteiger partial charge in [0.25, 0.3) is 0 Å². The van der Waals surface area contributed by atoms with E-state index in [1.54, 1.807) is 17.5 Å². The smallest absolute Gasteiger partial charge is 0.0908 e. The lowest BCUT2D eigenvalue weighted by atomic mass is 10.2. The van der Waals surface area contributed by atoms with Gasteiger partial charge in [0.05, 0.1) is 10.5 Å². The Morgan fingerprint density at radius 3 is 2.94 bits per heavy atom. The molecule has 4 heteroatoms. The maximum absolute atomic E-state index is 6.14. The summed E-state index contributed by atoms with van der Waals surface area (Å²) in [6, 6.07) is 12.0. The predicted octanol–water partition coefficient (Wildman–Crippen LogP) is 4.56. The van der Waals surface area contributed by atoms with E-state index in [1.165, 1.54) is 4.88 Å². The number of anilines is 1. The van der Waals surface area contributed by atoms with Crippen LogP contribution in [0.25, 0.3) is 10.9 Å². The lowest BCUT2D eigenvalue weighted by Gasteiger charge is -2.09. The maximum atomic E-state index is 6.14. The minimum atomic E-state index is 0.687. The number of aromatic nitrogens is 1. The van der Waals surface area contributed by atoms with Gasteiger partial charge >= 0.3 is 0 Å². The number of fused-ring (bicyclic) bond motifs is 1. The second kappa shape index (κ2) is 4.96. The third-order valence-corrected chi connectivity index (χ3v) is 3.93. The second-order valence-corrected chi connectivity index (χ2v) is 5.37. The highest BCUT2D eigenvalue weighted by atomic mass is 35.5. The highest BCUT2D eigenvalue weighted by Gasteiger charge is 2.05. The van der Waals surface area contributed by atoms with Crippen molar-refractivity contribution < 1.29 is 0 Å². The summed E-state index contributed by atoms with van der Waals surface area (Å²) in [6.07, 6.45) is 1.76. The average molecular weight is 275 g/mol. The van der Waals surface area contributed by atoms with E-state index in [-0.39, 0.29) is 0 Å². The van der Waals surface area contributed by atoms with Gasteiger partial charge in [-0.05, 0) is 35.7 Å². The van der Waals surface area contributed by atoms with Gasteiger partial charge in [-0.15, -0.1) is 11.3 Å². The van der Waals surface area contributed by atoms with Crippen molar-refractivity contribution in [3.05, 3.63) is 57.9 Å². The molecular formula is C14H11ClN2S. The molecule has 0 aliphatic carbocycles. The summed E-state index contributed by atoms with van der Waals surface area (Å²) in [5.41, 5.74) is 1.91. The zero-order chi connectivity index (χ0) is 12.4. The van der Waals surface area contributed by atoms with E-state index >= 15 is 0 Å². The van der Waals surface area contributed by atoms with E-state index in [4.69, 9.17) is 11.6 Å². The zero-order valence-electron chi connectivity index (χ0n) is 9.56. The van der Waals surface area contributed by atoms with Crippen LogP contribution >= 0.6 is 22.9 Å². The minimum absolute atomic E-state index is 0.687. The first kappa shape index (κ1) is 11.5. The number of thiophene rings is 1. The summed E-state index contributed by atoms with van der Waals surface area (Å²) in [7, 11) is 0. The van der Waals surface area contributed by atoms with Crippen LogP contribution in [-0.2, 0) is 6.54 Å². The molecule has 1 aromatic carbocycles. The molecule has 0 aliphatic rings. The fraction of sp³-hybridized carbons (Fsp3) is 0.0714. The van der Waals surface area contributed by atoms with Gasteiger partial charge < -0.3 is 5.32 Å². The van der Waals surface area contributed by atoms with Crippen LogP contribution in [0.5, 0.6) is 0 Å². The topological polar surface area (TPSA) is 24.9 Å². The first-order valence-corrected chi connectivity index (χ1v) is 6.90. The molecule has 2 heterocycles. The molecule has 0 atom stereocenters. The van der Waals surface area contributed by atoms with Gasteiger partial charge in [0.1, 0.15) is 0 Å². The largest absolute Gasteiger partial charge is 0.380 e. The van der Waals surface area contributed by atoms with Crippen molar-refractivity contribution in [2.45, 2.75) is 6.54 Å². The summed E-state index contributed by atoms with van der Waals surface area (Å²) in [4.78, 5) is 5.62. The molecule has 0 bridgehead atoms. The second-order valence-electron chi connectivity index (χ2n) is 3.93. The van der Waals surface area contributed by atoms with Crippen molar-refractivity contribution in [1.82, 2.24) is 4.98 Å². The van der Waals surface area contributed by atoms with Crippen molar-refractivity contribution in [2.75, 3.05) is 5.32 Å². The average Bonchev–Trinajstić information content (AvgIpc) is 2.92. The molecule has 3 aromatic rings. The van der Waals surface area contributed by atoms with Crippen LogP contribution in [0.2, 0.25) is 5.02 Å². The number of rotatable bonds is 3. The number of hydrogen-bond acceptors (Lipinski definition) is 3. The van der Waals surface area contributed by atoms with Gasteiger partial charge in [-0.25, -0.2) is 0 Å². The van der Waals surface area contributed by atoms with Crippen molar-refractivity contribution in [1.29, 1.82) is 0 Å². The Labute approximate surface area is 114 Å². The fourth-order valence-electron chi connectivity index (χ4n) is 1.89. The molecule has 2 aromatic heterocycles. The number of hydrogen-bond donors (Lipinski definition) is 1. The van der Waals surface area contributed by atoms with Crippen molar-refractivity contribution >= 4 is 39.5 Å². The van der Waals surface area contributed by atoms with Crippen LogP contribution in [0.3, 0.4) is 0 Å². The quantitative estimate of drug-likeness (QED) is 0.757. The van der Waals surface area contributed by atoms with E-state index in [9.17, 15) is 0 Å². The van der Waals surface area contributed by atoms with E-state index in [0.717, 1.165) is 23.1 Å². The van der Waals surface area contributed by atoms with Crippen LogP contribution in [0.4, 0.5) is 5.69 Å². The van der Waals surface area contributed by atoms with E-state index < -0.39 is 0 Å². The number of benzene rings is 1. The van der Waals surface area contributed by atoms with Gasteiger partial charge in [0, 0.05) is 28.7 Å². The first-order chi connectivity index (χ1) is 8.84. The number of halogens is 1. The van der Waals surface area contributed by atoms with Gasteiger partial charge in [0.2, 0.25) is 0 Å². The SMILES string of the molecule is Clc1ccc(NCc2cccs2)c2cccnc12. The summed E-state index contributed by atoms with van der Waals surface area (Å²) in [5, 5.41) is 7.26. The van der Waals surface area contributed by atoms with Crippen LogP contribution < -0.4 is 5.32 Å². The fourth-order valence-corrected chi connectivity index (χ4v) is 2.75. The molecule has 0 fully saturated rings. The molecule has 3 rings (SSSR count). The van der Waals surface area contributed by atoms with E-state index in [1.807, 2.05) is 24.3 Å². The molecule has 0 aliphatic heterocycles. The Bertz CT molecular complexity index is 665. The Morgan fingerprint density at radius 1 is 1.17 bits per heavy atom. The number of pyridine rings is 1. The Hall–Kier alpha value is -1.58. The molecule has 0 saturated carbocycles. The minimum Gasteiger partial charge on any atom is -0.380 e. The van der Waals surface area contributed by atoms with Crippen LogP contribution in [0.15, 0.2) is 48.0 Å². The predicted molar refractivity (Wildman–Crippen MR) is 78.4 cm³/mol. The number of nitrogens with one attached hydrogen (secondary N) is 1. The summed E-state index contributed by atoms with van der Waals surface area (Å²) in [5.74, 6) is 0. The molecule has 90 valence electrons. The number of nitrogens with zero attached hydrogens (tertiary/aromatic N) is 1. The lowest BCUT2D eigenvalue weighted by molar-refractivity contribution is 1.20. The third-order valence-electron chi connectivity index (χ3n) is 2.75. The van der Waals surface area contributed by atoms with Crippen molar-refractivity contribution in [3.63, 3.8) is 0 Å². The molecule has 0 saturated heterocycles. The van der Waals surface area contributed by atoms with Gasteiger partial charge in [-0.2, -0.15) is 0 Å². The zero-order valence-corrected chi connectivity index (χ0v) is 11.1. The summed E-state index contributed by atoms with van der Waals surface area (Å²) >= 11 is 7.89.